The van der Waals surface area contributed by atoms with Crippen molar-refractivity contribution in [1.29, 1.82) is 0 Å². The minimum absolute atomic E-state index is 0.194. The van der Waals surface area contributed by atoms with E-state index in [1.165, 1.54) is 16.5 Å². The summed E-state index contributed by atoms with van der Waals surface area (Å²) in [6, 6.07) is 8.73. The molecule has 0 radical (unpaired) electrons. The Kier molecular flexibility index (Phi) is 3.63. The lowest BCUT2D eigenvalue weighted by Crippen LogP contribution is -2.25. The Labute approximate surface area is 134 Å². The molecule has 4 rings (SSSR count). The van der Waals surface area contributed by atoms with Crippen LogP contribution in [0.15, 0.2) is 30.5 Å². The molecule has 2 aromatic heterocycles. The summed E-state index contributed by atoms with van der Waals surface area (Å²) in [6.07, 6.45) is 3.15. The molecule has 0 aliphatic carbocycles. The first kappa shape index (κ1) is 14.4. The summed E-state index contributed by atoms with van der Waals surface area (Å²) in [6.45, 7) is 3.70. The van der Waals surface area contributed by atoms with Gasteiger partial charge in [-0.3, -0.25) is 10.00 Å². The average molecular weight is 311 g/mol. The van der Waals surface area contributed by atoms with Gasteiger partial charge in [-0.1, -0.05) is 12.1 Å². The monoisotopic (exact) mass is 311 g/mol. The highest BCUT2D eigenvalue weighted by Gasteiger charge is 2.35. The van der Waals surface area contributed by atoms with Crippen LogP contribution in [0.2, 0.25) is 0 Å². The van der Waals surface area contributed by atoms with Crippen molar-refractivity contribution in [3.63, 3.8) is 0 Å². The number of H-pyrrole nitrogens is 2. The van der Waals surface area contributed by atoms with E-state index in [4.69, 9.17) is 4.74 Å². The number of likely N-dealkylation sites (tertiary alicyclic amines) is 1. The van der Waals surface area contributed by atoms with Crippen LogP contribution in [0.25, 0.3) is 10.9 Å². The number of nitrogens with one attached hydrogen (secondary N) is 2. The SMILES string of the molecule is CO[C@@H]1C[C@@H](c2n[nH]c(C)n2)N(Cc2cccc3[nH]ccc23)C1. The van der Waals surface area contributed by atoms with Crippen LogP contribution in [0.3, 0.4) is 0 Å². The average Bonchev–Trinajstić information content (AvgIpc) is 3.26. The Morgan fingerprint density at radius 1 is 1.35 bits per heavy atom. The van der Waals surface area contributed by atoms with Crippen LogP contribution in [0.5, 0.6) is 0 Å². The Morgan fingerprint density at radius 3 is 3.04 bits per heavy atom. The zero-order chi connectivity index (χ0) is 15.8. The van der Waals surface area contributed by atoms with Crippen molar-refractivity contribution in [3.05, 3.63) is 47.7 Å². The van der Waals surface area contributed by atoms with Crippen molar-refractivity contribution < 1.29 is 4.74 Å². The molecule has 3 heterocycles. The van der Waals surface area contributed by atoms with E-state index >= 15 is 0 Å². The fourth-order valence-electron chi connectivity index (χ4n) is 3.49. The summed E-state index contributed by atoms with van der Waals surface area (Å²) in [5, 5.41) is 8.60. The van der Waals surface area contributed by atoms with Crippen molar-refractivity contribution in [1.82, 2.24) is 25.1 Å². The van der Waals surface area contributed by atoms with E-state index in [9.17, 15) is 0 Å². The van der Waals surface area contributed by atoms with E-state index in [1.807, 2.05) is 13.1 Å². The van der Waals surface area contributed by atoms with Gasteiger partial charge in [0.1, 0.15) is 5.82 Å². The molecular weight excluding hydrogens is 290 g/mol. The number of aromatic amines is 2. The van der Waals surface area contributed by atoms with Crippen molar-refractivity contribution in [3.8, 4) is 0 Å². The fraction of sp³-hybridized carbons (Fsp3) is 0.412. The molecule has 0 amide bonds. The molecule has 2 atom stereocenters. The first-order chi connectivity index (χ1) is 11.2. The maximum Gasteiger partial charge on any atom is 0.167 e. The maximum atomic E-state index is 5.60. The van der Waals surface area contributed by atoms with Crippen molar-refractivity contribution in [2.75, 3.05) is 13.7 Å². The van der Waals surface area contributed by atoms with Crippen LogP contribution in [-0.2, 0) is 11.3 Å². The standard InChI is InChI=1S/C17H21N5O/c1-11-19-17(21-20-11)16-8-13(23-2)10-22(16)9-12-4-3-5-15-14(12)6-7-18-15/h3-7,13,16,18H,8-10H2,1-2H3,(H,19,20,21)/t13-,16+/m1/s1. The van der Waals surface area contributed by atoms with E-state index in [0.29, 0.717) is 0 Å². The lowest BCUT2D eigenvalue weighted by atomic mass is 10.1. The molecule has 6 nitrogen and oxygen atoms in total. The Bertz CT molecular complexity index is 808. The zero-order valence-corrected chi connectivity index (χ0v) is 13.4. The number of methoxy groups -OCH3 is 1. The van der Waals surface area contributed by atoms with E-state index in [2.05, 4.69) is 49.3 Å². The fourth-order valence-corrected chi connectivity index (χ4v) is 3.49. The lowest BCUT2D eigenvalue weighted by molar-refractivity contribution is 0.107. The molecule has 1 saturated heterocycles. The highest BCUT2D eigenvalue weighted by Crippen LogP contribution is 2.33. The van der Waals surface area contributed by atoms with Crippen LogP contribution in [0.1, 0.15) is 29.7 Å². The molecular formula is C17H21N5O. The van der Waals surface area contributed by atoms with Gasteiger partial charge < -0.3 is 9.72 Å². The second-order valence-electron chi connectivity index (χ2n) is 6.17. The van der Waals surface area contributed by atoms with Gasteiger partial charge in [-0.2, -0.15) is 5.10 Å². The number of nitrogens with zero attached hydrogens (tertiary/aromatic N) is 3. The number of fused-ring (bicyclic) bond motifs is 1. The van der Waals surface area contributed by atoms with Gasteiger partial charge in [-0.05, 0) is 31.0 Å². The van der Waals surface area contributed by atoms with Gasteiger partial charge in [-0.15, -0.1) is 0 Å². The van der Waals surface area contributed by atoms with Gasteiger partial charge in [0.15, 0.2) is 5.82 Å². The number of ether oxygens (including phenoxy) is 1. The van der Waals surface area contributed by atoms with Gasteiger partial charge in [0, 0.05) is 37.3 Å². The van der Waals surface area contributed by atoms with Gasteiger partial charge in [0.25, 0.3) is 0 Å². The van der Waals surface area contributed by atoms with Crippen LogP contribution >= 0.6 is 0 Å². The summed E-state index contributed by atoms with van der Waals surface area (Å²) in [5.74, 6) is 1.72. The number of aryl methyl sites for hydroxylation is 1. The van der Waals surface area contributed by atoms with Crippen LogP contribution < -0.4 is 0 Å². The Hall–Kier alpha value is -2.18. The first-order valence-corrected chi connectivity index (χ1v) is 7.95. The summed E-state index contributed by atoms with van der Waals surface area (Å²) in [5.41, 5.74) is 2.49. The molecule has 120 valence electrons. The molecule has 2 N–H and O–H groups in total. The Balaban J connectivity index is 1.64. The normalized spacial score (nSPS) is 22.2. The summed E-state index contributed by atoms with van der Waals surface area (Å²) >= 11 is 0. The maximum absolute atomic E-state index is 5.60. The third-order valence-electron chi connectivity index (χ3n) is 4.67. The van der Waals surface area contributed by atoms with Gasteiger partial charge >= 0.3 is 0 Å². The molecule has 0 spiro atoms. The molecule has 0 bridgehead atoms. The highest BCUT2D eigenvalue weighted by molar-refractivity contribution is 5.82. The number of hydrogen-bond donors (Lipinski definition) is 2. The second kappa shape index (κ2) is 5.79. The first-order valence-electron chi connectivity index (χ1n) is 7.95. The molecule has 1 fully saturated rings. The third kappa shape index (κ3) is 2.64. The molecule has 1 aliphatic rings. The molecule has 23 heavy (non-hydrogen) atoms. The van der Waals surface area contributed by atoms with Crippen LogP contribution in [0, 0.1) is 6.92 Å². The lowest BCUT2D eigenvalue weighted by Gasteiger charge is -2.22. The predicted molar refractivity (Wildman–Crippen MR) is 88.0 cm³/mol. The summed E-state index contributed by atoms with van der Waals surface area (Å²) in [4.78, 5) is 10.2. The molecule has 0 saturated carbocycles. The summed E-state index contributed by atoms with van der Waals surface area (Å²) in [7, 11) is 1.78. The number of hydrogen-bond acceptors (Lipinski definition) is 4. The predicted octanol–water partition coefficient (Wildman–Crippen LogP) is 2.56. The van der Waals surface area contributed by atoms with Crippen molar-refractivity contribution in [2.24, 2.45) is 0 Å². The minimum atomic E-state index is 0.194. The third-order valence-corrected chi connectivity index (χ3v) is 4.67. The van der Waals surface area contributed by atoms with Crippen LogP contribution in [-0.4, -0.2) is 44.8 Å². The van der Waals surface area contributed by atoms with Gasteiger partial charge in [0.2, 0.25) is 0 Å². The summed E-state index contributed by atoms with van der Waals surface area (Å²) < 4.78 is 5.60. The number of rotatable bonds is 4. The highest BCUT2D eigenvalue weighted by atomic mass is 16.5. The number of aromatic nitrogens is 4. The largest absolute Gasteiger partial charge is 0.380 e. The topological polar surface area (TPSA) is 69.8 Å². The van der Waals surface area contributed by atoms with Gasteiger partial charge in [-0.25, -0.2) is 4.98 Å². The zero-order valence-electron chi connectivity index (χ0n) is 13.4. The molecule has 3 aromatic rings. The minimum Gasteiger partial charge on any atom is -0.380 e. The molecule has 1 aromatic carbocycles. The van der Waals surface area contributed by atoms with E-state index in [0.717, 1.165) is 31.2 Å². The number of benzene rings is 1. The molecule has 0 unspecified atom stereocenters. The van der Waals surface area contributed by atoms with Gasteiger partial charge in [0.05, 0.1) is 12.1 Å². The van der Waals surface area contributed by atoms with Crippen molar-refractivity contribution in [2.45, 2.75) is 32.0 Å². The molecule has 6 heteroatoms. The van der Waals surface area contributed by atoms with Crippen molar-refractivity contribution >= 4 is 10.9 Å². The van der Waals surface area contributed by atoms with E-state index < -0.39 is 0 Å². The Morgan fingerprint density at radius 2 is 2.26 bits per heavy atom. The smallest absolute Gasteiger partial charge is 0.167 e. The second-order valence-corrected chi connectivity index (χ2v) is 6.17. The van der Waals surface area contributed by atoms with E-state index in [1.54, 1.807) is 7.11 Å². The molecule has 1 aliphatic heterocycles. The quantitative estimate of drug-likeness (QED) is 0.777. The van der Waals surface area contributed by atoms with Crippen LogP contribution in [0.4, 0.5) is 0 Å². The van der Waals surface area contributed by atoms with E-state index in [-0.39, 0.29) is 12.1 Å².